The number of hydrogen-bond donors (Lipinski definition) is 2. The number of benzene rings is 1. The average Bonchev–Trinajstić information content (AvgIpc) is 3.24. The Hall–Kier alpha value is -3.33. The van der Waals surface area contributed by atoms with E-state index in [2.05, 4.69) is 39.1 Å². The number of aromatic amines is 1. The molecule has 3 heterocycles. The second kappa shape index (κ2) is 8.81. The summed E-state index contributed by atoms with van der Waals surface area (Å²) in [6, 6.07) is 7.58. The second-order valence-corrected chi connectivity index (χ2v) is 7.65. The Kier molecular flexibility index (Phi) is 5.94. The number of carbonyl (C=O) groups is 1. The summed E-state index contributed by atoms with van der Waals surface area (Å²) >= 11 is 0. The summed E-state index contributed by atoms with van der Waals surface area (Å²) in [6.45, 7) is 6.83. The lowest BCUT2D eigenvalue weighted by Gasteiger charge is -2.37. The monoisotopic (exact) mass is 424 g/mol. The van der Waals surface area contributed by atoms with E-state index >= 15 is 0 Å². The topological polar surface area (TPSA) is 95.6 Å². The first-order valence-electron chi connectivity index (χ1n) is 10.4. The molecule has 1 aromatic carbocycles. The number of aromatic nitrogens is 3. The van der Waals surface area contributed by atoms with E-state index in [4.69, 9.17) is 9.47 Å². The average molecular weight is 425 g/mol. The van der Waals surface area contributed by atoms with Crippen LogP contribution in [0.15, 0.2) is 30.5 Å². The third kappa shape index (κ3) is 4.27. The van der Waals surface area contributed by atoms with Gasteiger partial charge in [0.25, 0.3) is 5.91 Å². The molecule has 1 amide bonds. The Morgan fingerprint density at radius 1 is 1.29 bits per heavy atom. The standard InChI is InChI=1S/C22H28N6O3/c1-5-31-20-16-8-9-23-19(16)25-22(26-20)24-17-7-6-15(12-18(17)30-4)21(29)28-11-10-27(3)14(2)13-28/h6-9,12,14H,5,10-11,13H2,1-4H3,(H2,23,24,25,26)/t14-/m0/s1. The molecule has 1 atom stereocenters. The van der Waals surface area contributed by atoms with Gasteiger partial charge in [-0.15, -0.1) is 0 Å². The Morgan fingerprint density at radius 3 is 2.87 bits per heavy atom. The largest absolute Gasteiger partial charge is 0.495 e. The normalized spacial score (nSPS) is 17.0. The molecule has 0 radical (unpaired) electrons. The molecular formula is C22H28N6O3. The van der Waals surface area contributed by atoms with Crippen LogP contribution >= 0.6 is 0 Å². The van der Waals surface area contributed by atoms with Crippen molar-refractivity contribution in [3.05, 3.63) is 36.0 Å². The highest BCUT2D eigenvalue weighted by Crippen LogP contribution is 2.30. The van der Waals surface area contributed by atoms with Crippen LogP contribution in [0.25, 0.3) is 11.0 Å². The summed E-state index contributed by atoms with van der Waals surface area (Å²) in [7, 11) is 3.66. The molecule has 9 nitrogen and oxygen atoms in total. The summed E-state index contributed by atoms with van der Waals surface area (Å²) in [5.74, 6) is 1.43. The fraction of sp³-hybridized carbons (Fsp3) is 0.409. The number of anilines is 2. The molecule has 1 aliphatic rings. The maximum atomic E-state index is 13.0. The molecular weight excluding hydrogens is 396 g/mol. The van der Waals surface area contributed by atoms with E-state index in [0.29, 0.717) is 60.2 Å². The van der Waals surface area contributed by atoms with Crippen molar-refractivity contribution in [1.82, 2.24) is 24.8 Å². The predicted molar refractivity (Wildman–Crippen MR) is 119 cm³/mol. The molecule has 164 valence electrons. The fourth-order valence-corrected chi connectivity index (χ4v) is 3.68. The Bertz CT molecular complexity index is 1080. The quantitative estimate of drug-likeness (QED) is 0.628. The number of fused-ring (bicyclic) bond motifs is 1. The van der Waals surface area contributed by atoms with Crippen molar-refractivity contribution < 1.29 is 14.3 Å². The van der Waals surface area contributed by atoms with Gasteiger partial charge < -0.3 is 29.6 Å². The number of rotatable bonds is 6. The lowest BCUT2D eigenvalue weighted by Crippen LogP contribution is -2.52. The van der Waals surface area contributed by atoms with Gasteiger partial charge in [-0.25, -0.2) is 0 Å². The van der Waals surface area contributed by atoms with Crippen LogP contribution in [0.1, 0.15) is 24.2 Å². The van der Waals surface area contributed by atoms with Gasteiger partial charge in [0.1, 0.15) is 11.4 Å². The van der Waals surface area contributed by atoms with E-state index in [9.17, 15) is 4.79 Å². The minimum Gasteiger partial charge on any atom is -0.495 e. The molecule has 1 fully saturated rings. The minimum atomic E-state index is 0.00693. The molecule has 2 aromatic heterocycles. The van der Waals surface area contributed by atoms with Crippen molar-refractivity contribution >= 4 is 28.6 Å². The summed E-state index contributed by atoms with van der Waals surface area (Å²) in [4.78, 5) is 29.2. The molecule has 0 saturated carbocycles. The zero-order chi connectivity index (χ0) is 22.0. The van der Waals surface area contributed by atoms with Gasteiger partial charge in [-0.2, -0.15) is 9.97 Å². The first-order valence-corrected chi connectivity index (χ1v) is 10.4. The first-order chi connectivity index (χ1) is 15.0. The Labute approximate surface area is 181 Å². The maximum Gasteiger partial charge on any atom is 0.254 e. The number of nitrogens with zero attached hydrogens (tertiary/aromatic N) is 4. The first kappa shape index (κ1) is 20.9. The second-order valence-electron chi connectivity index (χ2n) is 7.65. The van der Waals surface area contributed by atoms with E-state index in [1.165, 1.54) is 0 Å². The number of carbonyl (C=O) groups excluding carboxylic acids is 1. The number of piperazine rings is 1. The maximum absolute atomic E-state index is 13.0. The molecule has 2 N–H and O–H groups in total. The van der Waals surface area contributed by atoms with Gasteiger partial charge in [-0.3, -0.25) is 4.79 Å². The van der Waals surface area contributed by atoms with Gasteiger partial charge in [0, 0.05) is 37.4 Å². The van der Waals surface area contributed by atoms with Crippen LogP contribution in [0, 0.1) is 0 Å². The Balaban J connectivity index is 1.57. The van der Waals surface area contributed by atoms with E-state index in [1.807, 2.05) is 24.0 Å². The zero-order valence-electron chi connectivity index (χ0n) is 18.3. The molecule has 9 heteroatoms. The predicted octanol–water partition coefficient (Wildman–Crippen LogP) is 2.88. The van der Waals surface area contributed by atoms with Gasteiger partial charge in [-0.05, 0) is 45.2 Å². The summed E-state index contributed by atoms with van der Waals surface area (Å²) < 4.78 is 11.2. The summed E-state index contributed by atoms with van der Waals surface area (Å²) in [5.41, 5.74) is 1.94. The van der Waals surface area contributed by atoms with Crippen LogP contribution in [-0.2, 0) is 0 Å². The van der Waals surface area contributed by atoms with Crippen LogP contribution in [-0.4, -0.2) is 77.1 Å². The molecule has 1 aliphatic heterocycles. The highest BCUT2D eigenvalue weighted by Gasteiger charge is 2.25. The van der Waals surface area contributed by atoms with Crippen LogP contribution in [0.5, 0.6) is 11.6 Å². The van der Waals surface area contributed by atoms with Crippen molar-refractivity contribution in [1.29, 1.82) is 0 Å². The van der Waals surface area contributed by atoms with E-state index < -0.39 is 0 Å². The Morgan fingerprint density at radius 2 is 2.13 bits per heavy atom. The smallest absolute Gasteiger partial charge is 0.254 e. The highest BCUT2D eigenvalue weighted by molar-refractivity contribution is 5.95. The highest BCUT2D eigenvalue weighted by atomic mass is 16.5. The molecule has 0 unspecified atom stereocenters. The van der Waals surface area contributed by atoms with Crippen LogP contribution in [0.3, 0.4) is 0 Å². The van der Waals surface area contributed by atoms with Crippen molar-refractivity contribution in [2.45, 2.75) is 19.9 Å². The van der Waals surface area contributed by atoms with Crippen LogP contribution < -0.4 is 14.8 Å². The van der Waals surface area contributed by atoms with Crippen molar-refractivity contribution in [3.8, 4) is 11.6 Å². The van der Waals surface area contributed by atoms with Crippen molar-refractivity contribution in [3.63, 3.8) is 0 Å². The number of H-pyrrole nitrogens is 1. The van der Waals surface area contributed by atoms with Gasteiger partial charge in [0.2, 0.25) is 11.8 Å². The van der Waals surface area contributed by atoms with Crippen LogP contribution in [0.4, 0.5) is 11.6 Å². The van der Waals surface area contributed by atoms with E-state index in [-0.39, 0.29) is 5.91 Å². The molecule has 1 saturated heterocycles. The summed E-state index contributed by atoms with van der Waals surface area (Å²) in [5, 5.41) is 4.00. The molecule has 4 rings (SSSR count). The lowest BCUT2D eigenvalue weighted by molar-refractivity contribution is 0.0572. The van der Waals surface area contributed by atoms with Gasteiger partial charge >= 0.3 is 0 Å². The fourth-order valence-electron chi connectivity index (χ4n) is 3.68. The van der Waals surface area contributed by atoms with Crippen molar-refractivity contribution in [2.75, 3.05) is 45.7 Å². The molecule has 0 spiro atoms. The van der Waals surface area contributed by atoms with E-state index in [1.54, 1.807) is 25.4 Å². The molecule has 0 bridgehead atoms. The number of amides is 1. The van der Waals surface area contributed by atoms with Gasteiger partial charge in [-0.1, -0.05) is 0 Å². The number of nitrogens with one attached hydrogen (secondary N) is 2. The van der Waals surface area contributed by atoms with Crippen molar-refractivity contribution in [2.24, 2.45) is 0 Å². The lowest BCUT2D eigenvalue weighted by atomic mass is 10.1. The summed E-state index contributed by atoms with van der Waals surface area (Å²) in [6.07, 6.45) is 1.80. The van der Waals surface area contributed by atoms with Gasteiger partial charge in [0.15, 0.2) is 0 Å². The van der Waals surface area contributed by atoms with Crippen LogP contribution in [0.2, 0.25) is 0 Å². The number of methoxy groups -OCH3 is 1. The SMILES string of the molecule is CCOc1nc(Nc2ccc(C(=O)N3CCN(C)[C@@H](C)C3)cc2OC)nc2[nH]ccc12. The molecule has 0 aliphatic carbocycles. The molecule has 31 heavy (non-hydrogen) atoms. The minimum absolute atomic E-state index is 0.00693. The number of ether oxygens (including phenoxy) is 2. The molecule has 3 aromatic rings. The number of likely N-dealkylation sites (N-methyl/N-ethyl adjacent to an activating group) is 1. The third-order valence-corrected chi connectivity index (χ3v) is 5.60. The van der Waals surface area contributed by atoms with E-state index in [0.717, 1.165) is 11.9 Å². The third-order valence-electron chi connectivity index (χ3n) is 5.60. The number of hydrogen-bond acceptors (Lipinski definition) is 7. The van der Waals surface area contributed by atoms with Gasteiger partial charge in [0.05, 0.1) is 24.8 Å². The zero-order valence-corrected chi connectivity index (χ0v) is 18.3.